The Kier molecular flexibility index (Phi) is 3.97. The lowest BCUT2D eigenvalue weighted by atomic mass is 10.1. The molecule has 2 atom stereocenters. The van der Waals surface area contributed by atoms with Crippen LogP contribution < -0.4 is 10.6 Å². The van der Waals surface area contributed by atoms with Gasteiger partial charge in [-0.25, -0.2) is 0 Å². The molecule has 2 rings (SSSR count). The van der Waals surface area contributed by atoms with Gasteiger partial charge >= 0.3 is 0 Å². The predicted octanol–water partition coefficient (Wildman–Crippen LogP) is 0.424. The topological polar surface area (TPSA) is 50.4 Å². The molecule has 0 radical (unpaired) electrons. The van der Waals surface area contributed by atoms with Gasteiger partial charge in [-0.15, -0.1) is 0 Å². The molecule has 4 heteroatoms. The van der Waals surface area contributed by atoms with Crippen molar-refractivity contribution >= 4 is 5.91 Å². The first kappa shape index (κ1) is 10.9. The van der Waals surface area contributed by atoms with Crippen molar-refractivity contribution in [3.05, 3.63) is 0 Å². The van der Waals surface area contributed by atoms with Gasteiger partial charge in [0.25, 0.3) is 0 Å². The van der Waals surface area contributed by atoms with E-state index in [1.54, 1.807) is 0 Å². The van der Waals surface area contributed by atoms with E-state index < -0.39 is 0 Å². The predicted molar refractivity (Wildman–Crippen MR) is 57.6 cm³/mol. The lowest BCUT2D eigenvalue weighted by Gasteiger charge is -2.27. The molecule has 0 aromatic rings. The first-order valence-electron chi connectivity index (χ1n) is 5.99. The molecule has 2 aliphatic heterocycles. The highest BCUT2D eigenvalue weighted by molar-refractivity contribution is 5.81. The maximum absolute atomic E-state index is 11.8. The third-order valence-corrected chi connectivity index (χ3v) is 3.12. The van der Waals surface area contributed by atoms with Crippen LogP contribution in [-0.4, -0.2) is 37.7 Å². The molecular weight excluding hydrogens is 192 g/mol. The van der Waals surface area contributed by atoms with E-state index >= 15 is 0 Å². The van der Waals surface area contributed by atoms with Crippen LogP contribution in [0.4, 0.5) is 0 Å². The van der Waals surface area contributed by atoms with Crippen LogP contribution in [-0.2, 0) is 9.53 Å². The summed E-state index contributed by atoms with van der Waals surface area (Å²) in [5, 5.41) is 6.35. The molecule has 0 spiro atoms. The standard InChI is InChI=1S/C11H20N2O2/c14-11(10-5-1-2-7-15-10)13-9-4-3-6-12-8-9/h9-10,12H,1-8H2,(H,13,14)/t9-,10?/m0/s1. The number of amides is 1. The fourth-order valence-electron chi connectivity index (χ4n) is 2.22. The van der Waals surface area contributed by atoms with Gasteiger partial charge in [0.1, 0.15) is 6.10 Å². The van der Waals surface area contributed by atoms with Crippen molar-refractivity contribution in [3.8, 4) is 0 Å². The molecule has 86 valence electrons. The van der Waals surface area contributed by atoms with Crippen LogP contribution in [0.3, 0.4) is 0 Å². The summed E-state index contributed by atoms with van der Waals surface area (Å²) in [5.74, 6) is 0.0865. The van der Waals surface area contributed by atoms with Crippen molar-refractivity contribution < 1.29 is 9.53 Å². The molecule has 2 aliphatic rings. The van der Waals surface area contributed by atoms with Gasteiger partial charge in [-0.1, -0.05) is 0 Å². The van der Waals surface area contributed by atoms with Crippen LogP contribution in [0.5, 0.6) is 0 Å². The summed E-state index contributed by atoms with van der Waals surface area (Å²) in [4.78, 5) is 11.8. The molecule has 4 nitrogen and oxygen atoms in total. The van der Waals surface area contributed by atoms with E-state index in [9.17, 15) is 4.79 Å². The molecule has 0 aromatic carbocycles. The molecule has 1 amide bonds. The van der Waals surface area contributed by atoms with Gasteiger partial charge in [-0.3, -0.25) is 4.79 Å². The van der Waals surface area contributed by atoms with Crippen LogP contribution in [0.25, 0.3) is 0 Å². The number of rotatable bonds is 2. The van der Waals surface area contributed by atoms with E-state index in [0.717, 1.165) is 51.8 Å². The zero-order valence-corrected chi connectivity index (χ0v) is 9.13. The Morgan fingerprint density at radius 1 is 1.27 bits per heavy atom. The molecule has 2 N–H and O–H groups in total. The Balaban J connectivity index is 1.74. The first-order chi connectivity index (χ1) is 7.36. The average Bonchev–Trinajstić information content (AvgIpc) is 2.31. The Morgan fingerprint density at radius 3 is 2.87 bits per heavy atom. The molecule has 0 aromatic heterocycles. The summed E-state index contributed by atoms with van der Waals surface area (Å²) in [6, 6.07) is 0.303. The number of ether oxygens (including phenoxy) is 1. The van der Waals surface area contributed by atoms with Crippen LogP contribution in [0.15, 0.2) is 0 Å². The Labute approximate surface area is 90.8 Å². The van der Waals surface area contributed by atoms with Crippen molar-refractivity contribution in [1.29, 1.82) is 0 Å². The van der Waals surface area contributed by atoms with E-state index in [4.69, 9.17) is 4.74 Å². The van der Waals surface area contributed by atoms with Gasteiger partial charge in [-0.05, 0) is 38.6 Å². The third-order valence-electron chi connectivity index (χ3n) is 3.12. The molecule has 0 saturated carbocycles. The highest BCUT2D eigenvalue weighted by atomic mass is 16.5. The maximum Gasteiger partial charge on any atom is 0.249 e. The van der Waals surface area contributed by atoms with Gasteiger partial charge in [0.2, 0.25) is 5.91 Å². The molecule has 15 heavy (non-hydrogen) atoms. The molecule has 2 saturated heterocycles. The number of piperidine rings is 1. The molecule has 2 heterocycles. The van der Waals surface area contributed by atoms with Gasteiger partial charge in [0, 0.05) is 19.2 Å². The fraction of sp³-hybridized carbons (Fsp3) is 0.909. The lowest BCUT2D eigenvalue weighted by molar-refractivity contribution is -0.136. The zero-order chi connectivity index (χ0) is 10.5. The Morgan fingerprint density at radius 2 is 2.20 bits per heavy atom. The van der Waals surface area contributed by atoms with E-state index in [1.165, 1.54) is 0 Å². The SMILES string of the molecule is O=C(N[C@H]1CCCNC1)C1CCCCO1. The minimum Gasteiger partial charge on any atom is -0.368 e. The third kappa shape index (κ3) is 3.18. The van der Waals surface area contributed by atoms with Gasteiger partial charge in [-0.2, -0.15) is 0 Å². The monoisotopic (exact) mass is 212 g/mol. The van der Waals surface area contributed by atoms with Crippen molar-refractivity contribution in [3.63, 3.8) is 0 Å². The minimum absolute atomic E-state index is 0.0865. The number of nitrogens with one attached hydrogen (secondary N) is 2. The van der Waals surface area contributed by atoms with Crippen molar-refractivity contribution in [2.24, 2.45) is 0 Å². The van der Waals surface area contributed by atoms with E-state index in [1.807, 2.05) is 0 Å². The van der Waals surface area contributed by atoms with Crippen LogP contribution in [0.2, 0.25) is 0 Å². The lowest BCUT2D eigenvalue weighted by Crippen LogP contribution is -2.49. The smallest absolute Gasteiger partial charge is 0.249 e. The van der Waals surface area contributed by atoms with Crippen LogP contribution in [0, 0.1) is 0 Å². The number of carbonyl (C=O) groups is 1. The summed E-state index contributed by atoms with van der Waals surface area (Å²) in [5.41, 5.74) is 0. The number of hydrogen-bond acceptors (Lipinski definition) is 3. The Bertz CT molecular complexity index is 209. The van der Waals surface area contributed by atoms with E-state index in [2.05, 4.69) is 10.6 Å². The van der Waals surface area contributed by atoms with E-state index in [-0.39, 0.29) is 12.0 Å². The van der Waals surface area contributed by atoms with Gasteiger partial charge < -0.3 is 15.4 Å². The molecule has 1 unspecified atom stereocenters. The molecule has 0 aliphatic carbocycles. The second-order valence-corrected chi connectivity index (χ2v) is 4.41. The minimum atomic E-state index is -0.194. The molecule has 0 bridgehead atoms. The zero-order valence-electron chi connectivity index (χ0n) is 9.13. The molecule has 2 fully saturated rings. The summed E-state index contributed by atoms with van der Waals surface area (Å²) in [6.07, 6.45) is 5.13. The van der Waals surface area contributed by atoms with Crippen LogP contribution >= 0.6 is 0 Å². The quantitative estimate of drug-likeness (QED) is 0.697. The first-order valence-corrected chi connectivity index (χ1v) is 5.99. The maximum atomic E-state index is 11.8. The second kappa shape index (κ2) is 5.47. The summed E-state index contributed by atoms with van der Waals surface area (Å²) in [6.45, 7) is 2.71. The average molecular weight is 212 g/mol. The second-order valence-electron chi connectivity index (χ2n) is 4.41. The highest BCUT2D eigenvalue weighted by Gasteiger charge is 2.24. The highest BCUT2D eigenvalue weighted by Crippen LogP contribution is 2.13. The van der Waals surface area contributed by atoms with Gasteiger partial charge in [0.15, 0.2) is 0 Å². The van der Waals surface area contributed by atoms with Crippen molar-refractivity contribution in [2.75, 3.05) is 19.7 Å². The van der Waals surface area contributed by atoms with Crippen LogP contribution in [0.1, 0.15) is 32.1 Å². The van der Waals surface area contributed by atoms with Crippen molar-refractivity contribution in [1.82, 2.24) is 10.6 Å². The van der Waals surface area contributed by atoms with E-state index in [0.29, 0.717) is 6.04 Å². The number of hydrogen-bond donors (Lipinski definition) is 2. The number of carbonyl (C=O) groups excluding carboxylic acids is 1. The van der Waals surface area contributed by atoms with Crippen molar-refractivity contribution in [2.45, 2.75) is 44.2 Å². The fourth-order valence-corrected chi connectivity index (χ4v) is 2.22. The summed E-state index contributed by atoms with van der Waals surface area (Å²) in [7, 11) is 0. The summed E-state index contributed by atoms with van der Waals surface area (Å²) < 4.78 is 5.45. The largest absolute Gasteiger partial charge is 0.368 e. The van der Waals surface area contributed by atoms with Gasteiger partial charge in [0.05, 0.1) is 0 Å². The molecular formula is C11H20N2O2. The summed E-state index contributed by atoms with van der Waals surface area (Å²) >= 11 is 0. The Hall–Kier alpha value is -0.610. The normalized spacial score (nSPS) is 32.3.